The number of aromatic nitrogens is 4. The van der Waals surface area contributed by atoms with Gasteiger partial charge in [0.05, 0.1) is 0 Å². The van der Waals surface area contributed by atoms with Crippen LogP contribution in [0.25, 0.3) is 5.82 Å². The summed E-state index contributed by atoms with van der Waals surface area (Å²) in [5.74, 6) is 1.88. The SMILES string of the molecule is Cc1cccc(-n2ncnc2CCN2CCCCCC2=O)n1. The summed E-state index contributed by atoms with van der Waals surface area (Å²) in [6.45, 7) is 3.51. The number of hydrogen-bond acceptors (Lipinski definition) is 4. The smallest absolute Gasteiger partial charge is 0.222 e. The minimum absolute atomic E-state index is 0.261. The van der Waals surface area contributed by atoms with Crippen molar-refractivity contribution in [2.75, 3.05) is 13.1 Å². The number of carbonyl (C=O) groups is 1. The largest absolute Gasteiger partial charge is 0.342 e. The molecule has 6 nitrogen and oxygen atoms in total. The molecular formula is C16H21N5O. The lowest BCUT2D eigenvalue weighted by Gasteiger charge is -2.20. The van der Waals surface area contributed by atoms with E-state index in [1.165, 1.54) is 0 Å². The monoisotopic (exact) mass is 299 g/mol. The van der Waals surface area contributed by atoms with Gasteiger partial charge in [-0.15, -0.1) is 0 Å². The molecule has 0 aliphatic carbocycles. The van der Waals surface area contributed by atoms with Crippen molar-refractivity contribution in [3.63, 3.8) is 0 Å². The van der Waals surface area contributed by atoms with E-state index in [9.17, 15) is 4.79 Å². The van der Waals surface area contributed by atoms with E-state index in [-0.39, 0.29) is 5.91 Å². The van der Waals surface area contributed by atoms with Gasteiger partial charge in [0.2, 0.25) is 5.91 Å². The summed E-state index contributed by atoms with van der Waals surface area (Å²) < 4.78 is 1.76. The molecule has 1 amide bonds. The Hall–Kier alpha value is -2.24. The molecule has 1 aliphatic rings. The van der Waals surface area contributed by atoms with Crippen LogP contribution in [-0.2, 0) is 11.2 Å². The average Bonchev–Trinajstić information content (AvgIpc) is 2.89. The van der Waals surface area contributed by atoms with Gasteiger partial charge in [-0.2, -0.15) is 9.78 Å². The summed E-state index contributed by atoms with van der Waals surface area (Å²) >= 11 is 0. The standard InChI is InChI=1S/C16H21N5O/c1-13-6-5-7-15(19-13)21-14(17-12-18-21)9-11-20-10-4-2-3-8-16(20)22/h5-7,12H,2-4,8-11H2,1H3. The number of nitrogens with zero attached hydrogens (tertiary/aromatic N) is 5. The molecule has 0 saturated carbocycles. The van der Waals surface area contributed by atoms with Crippen molar-refractivity contribution in [3.8, 4) is 5.82 Å². The Morgan fingerprint density at radius 1 is 1.23 bits per heavy atom. The minimum Gasteiger partial charge on any atom is -0.342 e. The molecule has 1 aliphatic heterocycles. The van der Waals surface area contributed by atoms with E-state index in [2.05, 4.69) is 15.1 Å². The lowest BCUT2D eigenvalue weighted by atomic mass is 10.2. The number of carbonyl (C=O) groups excluding carboxylic acids is 1. The Kier molecular flexibility index (Phi) is 4.46. The Balaban J connectivity index is 1.71. The normalized spacial score (nSPS) is 15.9. The van der Waals surface area contributed by atoms with Crippen LogP contribution in [0.1, 0.15) is 37.2 Å². The maximum atomic E-state index is 12.0. The maximum absolute atomic E-state index is 12.0. The second kappa shape index (κ2) is 6.68. The van der Waals surface area contributed by atoms with Crippen molar-refractivity contribution < 1.29 is 4.79 Å². The Morgan fingerprint density at radius 2 is 2.14 bits per heavy atom. The number of amides is 1. The number of rotatable bonds is 4. The van der Waals surface area contributed by atoms with Crippen molar-refractivity contribution >= 4 is 5.91 Å². The van der Waals surface area contributed by atoms with E-state index in [0.717, 1.165) is 43.1 Å². The molecule has 3 heterocycles. The van der Waals surface area contributed by atoms with Gasteiger partial charge in [-0.05, 0) is 31.9 Å². The molecule has 0 radical (unpaired) electrons. The lowest BCUT2D eigenvalue weighted by molar-refractivity contribution is -0.130. The molecule has 3 rings (SSSR count). The number of likely N-dealkylation sites (tertiary alicyclic amines) is 1. The molecule has 0 unspecified atom stereocenters. The number of hydrogen-bond donors (Lipinski definition) is 0. The lowest BCUT2D eigenvalue weighted by Crippen LogP contribution is -2.32. The fourth-order valence-corrected chi connectivity index (χ4v) is 2.78. The number of pyridine rings is 1. The van der Waals surface area contributed by atoms with Crippen LogP contribution in [0, 0.1) is 6.92 Å². The zero-order valence-corrected chi connectivity index (χ0v) is 12.9. The predicted molar refractivity (Wildman–Crippen MR) is 82.6 cm³/mol. The van der Waals surface area contributed by atoms with Crippen molar-refractivity contribution in [2.45, 2.75) is 39.0 Å². The van der Waals surface area contributed by atoms with Crippen LogP contribution in [0.15, 0.2) is 24.5 Å². The van der Waals surface area contributed by atoms with Crippen LogP contribution >= 0.6 is 0 Å². The first-order chi connectivity index (χ1) is 10.7. The van der Waals surface area contributed by atoms with E-state index in [4.69, 9.17) is 0 Å². The van der Waals surface area contributed by atoms with Gasteiger partial charge in [-0.1, -0.05) is 12.5 Å². The van der Waals surface area contributed by atoms with Gasteiger partial charge >= 0.3 is 0 Å². The highest BCUT2D eigenvalue weighted by molar-refractivity contribution is 5.76. The fraction of sp³-hybridized carbons (Fsp3) is 0.500. The van der Waals surface area contributed by atoms with Gasteiger partial charge < -0.3 is 4.90 Å². The van der Waals surface area contributed by atoms with Crippen molar-refractivity contribution in [1.29, 1.82) is 0 Å². The third-order valence-electron chi connectivity index (χ3n) is 3.99. The van der Waals surface area contributed by atoms with Crippen molar-refractivity contribution in [1.82, 2.24) is 24.6 Å². The maximum Gasteiger partial charge on any atom is 0.222 e. The molecule has 0 atom stereocenters. The van der Waals surface area contributed by atoms with Crippen LogP contribution in [-0.4, -0.2) is 43.6 Å². The summed E-state index contributed by atoms with van der Waals surface area (Å²) in [5.41, 5.74) is 0.946. The topological polar surface area (TPSA) is 63.9 Å². The molecule has 1 fully saturated rings. The molecule has 6 heteroatoms. The molecular weight excluding hydrogens is 278 g/mol. The van der Waals surface area contributed by atoms with E-state index < -0.39 is 0 Å². The second-order valence-electron chi connectivity index (χ2n) is 5.67. The molecule has 1 saturated heterocycles. The molecule has 0 spiro atoms. The molecule has 2 aromatic rings. The first-order valence-corrected chi connectivity index (χ1v) is 7.85. The zero-order valence-electron chi connectivity index (χ0n) is 12.9. The van der Waals surface area contributed by atoms with E-state index >= 15 is 0 Å². The van der Waals surface area contributed by atoms with E-state index in [0.29, 0.717) is 19.4 Å². The van der Waals surface area contributed by atoms with Crippen molar-refractivity contribution in [2.24, 2.45) is 0 Å². The first kappa shape index (κ1) is 14.7. The van der Waals surface area contributed by atoms with E-state index in [1.54, 1.807) is 11.0 Å². The summed E-state index contributed by atoms with van der Waals surface area (Å²) in [7, 11) is 0. The molecule has 22 heavy (non-hydrogen) atoms. The van der Waals surface area contributed by atoms with Crippen LogP contribution in [0.5, 0.6) is 0 Å². The van der Waals surface area contributed by atoms with Crippen molar-refractivity contribution in [3.05, 3.63) is 36.0 Å². The first-order valence-electron chi connectivity index (χ1n) is 7.85. The van der Waals surface area contributed by atoms with Crippen LogP contribution in [0.3, 0.4) is 0 Å². The van der Waals surface area contributed by atoms with Crippen LogP contribution < -0.4 is 0 Å². The quantitative estimate of drug-likeness (QED) is 0.865. The highest BCUT2D eigenvalue weighted by Crippen LogP contribution is 2.13. The van der Waals surface area contributed by atoms with Crippen LogP contribution in [0.4, 0.5) is 0 Å². The summed E-state index contributed by atoms with van der Waals surface area (Å²) in [5, 5.41) is 4.27. The van der Waals surface area contributed by atoms with Gasteiger partial charge in [0, 0.05) is 31.6 Å². The number of aryl methyl sites for hydroxylation is 1. The molecule has 116 valence electrons. The van der Waals surface area contributed by atoms with E-state index in [1.807, 2.05) is 30.0 Å². The third kappa shape index (κ3) is 3.32. The zero-order chi connectivity index (χ0) is 15.4. The van der Waals surface area contributed by atoms with Crippen LogP contribution in [0.2, 0.25) is 0 Å². The Bertz CT molecular complexity index is 651. The fourth-order valence-electron chi connectivity index (χ4n) is 2.78. The molecule has 0 N–H and O–H groups in total. The predicted octanol–water partition coefficient (Wildman–Crippen LogP) is 1.92. The molecule has 2 aromatic heterocycles. The van der Waals surface area contributed by atoms with Gasteiger partial charge in [0.15, 0.2) is 5.82 Å². The second-order valence-corrected chi connectivity index (χ2v) is 5.67. The summed E-state index contributed by atoms with van der Waals surface area (Å²) in [6, 6.07) is 5.83. The van der Waals surface area contributed by atoms with Gasteiger partial charge in [0.25, 0.3) is 0 Å². The Morgan fingerprint density at radius 3 is 3.00 bits per heavy atom. The van der Waals surface area contributed by atoms with Gasteiger partial charge in [-0.3, -0.25) is 4.79 Å². The molecule has 0 aromatic carbocycles. The summed E-state index contributed by atoms with van der Waals surface area (Å²) in [6.07, 6.45) is 6.17. The van der Waals surface area contributed by atoms with Gasteiger partial charge in [-0.25, -0.2) is 9.97 Å². The minimum atomic E-state index is 0.261. The highest BCUT2D eigenvalue weighted by Gasteiger charge is 2.17. The average molecular weight is 299 g/mol. The Labute approximate surface area is 130 Å². The van der Waals surface area contributed by atoms with Gasteiger partial charge in [0.1, 0.15) is 12.2 Å². The molecule has 0 bridgehead atoms. The third-order valence-corrected chi connectivity index (χ3v) is 3.99. The highest BCUT2D eigenvalue weighted by atomic mass is 16.2. The summed E-state index contributed by atoms with van der Waals surface area (Å²) in [4.78, 5) is 22.8.